The van der Waals surface area contributed by atoms with Crippen molar-refractivity contribution in [1.29, 1.82) is 0 Å². The molecule has 1 N–H and O–H groups in total. The normalized spacial score (nSPS) is 39.1. The van der Waals surface area contributed by atoms with E-state index in [0.717, 1.165) is 13.1 Å². The maximum absolute atomic E-state index is 13.1. The first kappa shape index (κ1) is 14.7. The lowest BCUT2D eigenvalue weighted by molar-refractivity contribution is -0.883. The van der Waals surface area contributed by atoms with Crippen LogP contribution in [0.3, 0.4) is 0 Å². The summed E-state index contributed by atoms with van der Waals surface area (Å²) in [6.07, 6.45) is 1.18. The molecule has 0 aromatic rings. The monoisotopic (exact) mass is 293 g/mol. The van der Waals surface area contributed by atoms with Crippen LogP contribution in [-0.2, 0) is 14.4 Å². The van der Waals surface area contributed by atoms with Crippen LogP contribution in [0.1, 0.15) is 33.6 Å². The van der Waals surface area contributed by atoms with Gasteiger partial charge in [0.15, 0.2) is 0 Å². The van der Waals surface area contributed by atoms with Gasteiger partial charge < -0.3 is 9.80 Å². The minimum atomic E-state index is -1.11. The number of carbonyl (C=O) groups excluding carboxylic acids is 3. The summed E-state index contributed by atoms with van der Waals surface area (Å²) in [5.74, 6) is -0.857. The summed E-state index contributed by atoms with van der Waals surface area (Å²) in [6.45, 7) is 8.90. The van der Waals surface area contributed by atoms with Crippen LogP contribution in [0.5, 0.6) is 0 Å². The molecule has 5 heteroatoms. The Morgan fingerprint density at radius 1 is 1.05 bits per heavy atom. The molecule has 0 radical (unpaired) electrons. The predicted octanol–water partition coefficient (Wildman–Crippen LogP) is -0.692. The average Bonchev–Trinajstić information content (AvgIpc) is 2.71. The fraction of sp³-hybridized carbons (Fsp3) is 0.812. The number of nitrogens with zero attached hydrogens (tertiary/aromatic N) is 1. The summed E-state index contributed by atoms with van der Waals surface area (Å²) in [4.78, 5) is 41.4. The Morgan fingerprint density at radius 3 is 2.10 bits per heavy atom. The molecule has 0 aromatic carbocycles. The number of nitrogens with one attached hydrogen (secondary N) is 1. The van der Waals surface area contributed by atoms with E-state index in [0.29, 0.717) is 25.9 Å². The molecule has 1 aliphatic heterocycles. The molecule has 2 atom stereocenters. The Labute approximate surface area is 125 Å². The summed E-state index contributed by atoms with van der Waals surface area (Å²) >= 11 is 0. The lowest BCUT2D eigenvalue weighted by atomic mass is 9.64. The van der Waals surface area contributed by atoms with Gasteiger partial charge in [-0.2, -0.15) is 0 Å². The summed E-state index contributed by atoms with van der Waals surface area (Å²) < 4.78 is 0. The van der Waals surface area contributed by atoms with Crippen LogP contribution in [0.15, 0.2) is 0 Å². The van der Waals surface area contributed by atoms with Crippen molar-refractivity contribution < 1.29 is 19.3 Å². The number of piperazine rings is 1. The van der Waals surface area contributed by atoms with Gasteiger partial charge in [-0.3, -0.25) is 14.4 Å². The van der Waals surface area contributed by atoms with Crippen molar-refractivity contribution in [1.82, 2.24) is 4.90 Å². The van der Waals surface area contributed by atoms with Crippen LogP contribution < -0.4 is 4.90 Å². The van der Waals surface area contributed by atoms with Crippen molar-refractivity contribution in [2.45, 2.75) is 33.6 Å². The third kappa shape index (κ3) is 1.48. The van der Waals surface area contributed by atoms with Gasteiger partial charge in [0.1, 0.15) is 5.41 Å². The summed E-state index contributed by atoms with van der Waals surface area (Å²) in [6, 6.07) is 0. The molecule has 1 heterocycles. The molecule has 2 saturated carbocycles. The first-order valence-corrected chi connectivity index (χ1v) is 7.88. The molecule has 0 aromatic heterocycles. The van der Waals surface area contributed by atoms with E-state index >= 15 is 0 Å². The molecule has 0 unspecified atom stereocenters. The highest BCUT2D eigenvalue weighted by molar-refractivity contribution is 6.48. The average molecular weight is 293 g/mol. The van der Waals surface area contributed by atoms with Crippen molar-refractivity contribution in [3.05, 3.63) is 0 Å². The molecule has 116 valence electrons. The number of fused-ring (bicyclic) bond motifs is 2. The van der Waals surface area contributed by atoms with Crippen molar-refractivity contribution >= 4 is 17.5 Å². The molecular weight excluding hydrogens is 268 g/mol. The highest BCUT2D eigenvalue weighted by Gasteiger charge is 2.78. The van der Waals surface area contributed by atoms with Crippen LogP contribution >= 0.6 is 0 Å². The van der Waals surface area contributed by atoms with Gasteiger partial charge in [-0.05, 0) is 18.3 Å². The zero-order chi connectivity index (χ0) is 15.6. The van der Waals surface area contributed by atoms with Gasteiger partial charge >= 0.3 is 0 Å². The number of rotatable bonds is 1. The number of Topliss-reactive ketones (excluding diaryl/α,β-unsaturated/α-hetero) is 2. The number of hydrogen-bond donors (Lipinski definition) is 1. The van der Waals surface area contributed by atoms with E-state index in [-0.39, 0.29) is 11.7 Å². The molecule has 3 fully saturated rings. The fourth-order valence-electron chi connectivity index (χ4n) is 4.61. The molecular formula is C16H25N2O3+. The second-order valence-corrected chi connectivity index (χ2v) is 7.77. The van der Waals surface area contributed by atoms with Crippen LogP contribution in [0, 0.1) is 16.2 Å². The fourth-order valence-corrected chi connectivity index (χ4v) is 4.61. The van der Waals surface area contributed by atoms with Gasteiger partial charge in [-0.15, -0.1) is 0 Å². The highest BCUT2D eigenvalue weighted by atomic mass is 16.2. The maximum Gasteiger partial charge on any atom is 0.237 e. The minimum Gasteiger partial charge on any atom is -0.334 e. The molecule has 2 bridgehead atoms. The molecule has 3 rings (SSSR count). The molecule has 0 spiro atoms. The molecule has 21 heavy (non-hydrogen) atoms. The SMILES string of the molecule is C[NH+]1CCN(C(=O)[C@@]23CC[C@@](C)(C(=O)C2=O)C3(C)C)CC1. The van der Waals surface area contributed by atoms with E-state index in [4.69, 9.17) is 0 Å². The van der Waals surface area contributed by atoms with Crippen LogP contribution in [0.4, 0.5) is 0 Å². The number of carbonyl (C=O) groups is 3. The van der Waals surface area contributed by atoms with Gasteiger partial charge in [-0.25, -0.2) is 0 Å². The van der Waals surface area contributed by atoms with E-state index in [1.807, 2.05) is 25.7 Å². The Kier molecular flexibility index (Phi) is 2.91. The second-order valence-electron chi connectivity index (χ2n) is 7.77. The molecule has 1 saturated heterocycles. The first-order chi connectivity index (χ1) is 9.68. The van der Waals surface area contributed by atoms with Gasteiger partial charge in [0.25, 0.3) is 0 Å². The smallest absolute Gasteiger partial charge is 0.237 e. The first-order valence-electron chi connectivity index (χ1n) is 7.88. The molecule has 5 nitrogen and oxygen atoms in total. The molecule has 1 amide bonds. The van der Waals surface area contributed by atoms with Gasteiger partial charge in [0.2, 0.25) is 17.5 Å². The summed E-state index contributed by atoms with van der Waals surface area (Å²) in [7, 11) is 2.11. The number of likely N-dealkylation sites (N-methyl/N-ethyl adjacent to an activating group) is 1. The third-order valence-electron chi connectivity index (χ3n) is 6.81. The van der Waals surface area contributed by atoms with Gasteiger partial charge in [0, 0.05) is 5.41 Å². The van der Waals surface area contributed by atoms with Crippen molar-refractivity contribution in [3.63, 3.8) is 0 Å². The van der Waals surface area contributed by atoms with E-state index in [1.165, 1.54) is 4.90 Å². The van der Waals surface area contributed by atoms with Crippen molar-refractivity contribution in [2.24, 2.45) is 16.2 Å². The summed E-state index contributed by atoms with van der Waals surface area (Å²) in [5, 5.41) is 0. The van der Waals surface area contributed by atoms with E-state index < -0.39 is 22.0 Å². The minimum absolute atomic E-state index is 0.0976. The Bertz CT molecular complexity index is 534. The quantitative estimate of drug-likeness (QED) is 0.514. The van der Waals surface area contributed by atoms with Crippen LogP contribution in [0.25, 0.3) is 0 Å². The van der Waals surface area contributed by atoms with Crippen LogP contribution in [0.2, 0.25) is 0 Å². The number of hydrogen-bond acceptors (Lipinski definition) is 3. The number of amides is 1. The van der Waals surface area contributed by atoms with Crippen LogP contribution in [-0.4, -0.2) is 55.6 Å². The zero-order valence-electron chi connectivity index (χ0n) is 13.4. The molecule has 3 aliphatic rings. The van der Waals surface area contributed by atoms with E-state index in [1.54, 1.807) is 0 Å². The van der Waals surface area contributed by atoms with E-state index in [2.05, 4.69) is 7.05 Å². The maximum atomic E-state index is 13.1. The zero-order valence-corrected chi connectivity index (χ0v) is 13.4. The van der Waals surface area contributed by atoms with Gasteiger partial charge in [0.05, 0.1) is 33.2 Å². The van der Waals surface area contributed by atoms with E-state index in [9.17, 15) is 14.4 Å². The number of ketones is 2. The third-order valence-corrected chi connectivity index (χ3v) is 6.81. The largest absolute Gasteiger partial charge is 0.334 e. The predicted molar refractivity (Wildman–Crippen MR) is 76.8 cm³/mol. The van der Waals surface area contributed by atoms with Crippen molar-refractivity contribution in [2.75, 3.05) is 33.2 Å². The standard InChI is InChI=1S/C16H24N2O3/c1-14(2)15(3)5-6-16(14,12(20)11(15)19)13(21)18-9-7-17(4)8-10-18/h5-10H2,1-4H3/p+1/t15-,16+/m0/s1. The van der Waals surface area contributed by atoms with Gasteiger partial charge in [-0.1, -0.05) is 20.8 Å². The van der Waals surface area contributed by atoms with Crippen molar-refractivity contribution in [3.8, 4) is 0 Å². The Morgan fingerprint density at radius 2 is 1.62 bits per heavy atom. The second kappa shape index (κ2) is 4.15. The number of quaternary nitrogens is 1. The topological polar surface area (TPSA) is 58.9 Å². The molecule has 2 aliphatic carbocycles. The highest BCUT2D eigenvalue weighted by Crippen LogP contribution is 2.69. The summed E-state index contributed by atoms with van der Waals surface area (Å²) in [5.41, 5.74) is -2.36. The lowest BCUT2D eigenvalue weighted by Crippen LogP contribution is -3.12. The Balaban J connectivity index is 1.99. The Hall–Kier alpha value is -1.23. The lowest BCUT2D eigenvalue weighted by Gasteiger charge is -2.41.